The second-order valence-electron chi connectivity index (χ2n) is 3.20. The number of rotatable bonds is 3. The van der Waals surface area contributed by atoms with Gasteiger partial charge in [-0.3, -0.25) is 4.99 Å². The Kier molecular flexibility index (Phi) is 4.40. The molecule has 0 atom stereocenters. The van der Waals surface area contributed by atoms with Gasteiger partial charge in [-0.15, -0.1) is 0 Å². The first kappa shape index (κ1) is 10.1. The smallest absolute Gasteiger partial charge is 0.0313 e. The van der Waals surface area contributed by atoms with Gasteiger partial charge in [0.05, 0.1) is 0 Å². The van der Waals surface area contributed by atoms with Crippen molar-refractivity contribution in [3.05, 3.63) is 11.8 Å². The van der Waals surface area contributed by atoms with Crippen molar-refractivity contribution in [1.29, 1.82) is 5.41 Å². The summed E-state index contributed by atoms with van der Waals surface area (Å²) in [5.41, 5.74) is 1.06. The molecule has 3 heteroatoms. The van der Waals surface area contributed by atoms with E-state index in [1.54, 1.807) is 6.21 Å². The number of hydrogen-bond acceptors (Lipinski definition) is 3. The summed E-state index contributed by atoms with van der Waals surface area (Å²) in [5.74, 6) is 0.530. The second kappa shape index (κ2) is 5.65. The molecule has 72 valence electrons. The van der Waals surface area contributed by atoms with Crippen molar-refractivity contribution in [3.63, 3.8) is 0 Å². The first-order chi connectivity index (χ1) is 6.38. The first-order valence-electron chi connectivity index (χ1n) is 4.77. The van der Waals surface area contributed by atoms with Gasteiger partial charge in [-0.25, -0.2) is 0 Å². The van der Waals surface area contributed by atoms with Crippen LogP contribution in [-0.4, -0.2) is 25.5 Å². The third kappa shape index (κ3) is 3.11. The van der Waals surface area contributed by atoms with Gasteiger partial charge in [-0.2, -0.15) is 0 Å². The lowest BCUT2D eigenvalue weighted by molar-refractivity contribution is 0.429. The molecule has 1 aliphatic heterocycles. The van der Waals surface area contributed by atoms with E-state index in [0.717, 1.165) is 31.5 Å². The summed E-state index contributed by atoms with van der Waals surface area (Å²) < 4.78 is 0. The summed E-state index contributed by atoms with van der Waals surface area (Å²) >= 11 is 0. The largest absolute Gasteiger partial charge is 0.317 e. The highest BCUT2D eigenvalue weighted by molar-refractivity contribution is 5.76. The highest BCUT2D eigenvalue weighted by Gasteiger charge is 2.15. The molecule has 0 bridgehead atoms. The molecule has 1 aliphatic rings. The van der Waals surface area contributed by atoms with E-state index in [9.17, 15) is 0 Å². The Labute approximate surface area is 79.5 Å². The molecule has 0 amide bonds. The molecule has 0 unspecified atom stereocenters. The van der Waals surface area contributed by atoms with Crippen LogP contribution >= 0.6 is 0 Å². The zero-order chi connectivity index (χ0) is 9.52. The Morgan fingerprint density at radius 1 is 1.46 bits per heavy atom. The molecule has 2 N–H and O–H groups in total. The Morgan fingerprint density at radius 2 is 2.15 bits per heavy atom. The Morgan fingerprint density at radius 3 is 2.69 bits per heavy atom. The SMILES string of the molecule is C/C=N/C=C(\C=N)C1CCNCC1. The Hall–Kier alpha value is -0.960. The second-order valence-corrected chi connectivity index (χ2v) is 3.20. The fourth-order valence-corrected chi connectivity index (χ4v) is 1.58. The summed E-state index contributed by atoms with van der Waals surface area (Å²) in [6.45, 7) is 4.01. The van der Waals surface area contributed by atoms with Gasteiger partial charge in [0.2, 0.25) is 0 Å². The number of nitrogens with one attached hydrogen (secondary N) is 2. The number of nitrogens with zero attached hydrogens (tertiary/aromatic N) is 1. The molecule has 0 spiro atoms. The fraction of sp³-hybridized carbons (Fsp3) is 0.600. The van der Waals surface area contributed by atoms with Gasteiger partial charge in [-0.05, 0) is 44.3 Å². The summed E-state index contributed by atoms with van der Waals surface area (Å²) in [6, 6.07) is 0. The molecular weight excluding hydrogens is 162 g/mol. The minimum atomic E-state index is 0.530. The molecule has 0 radical (unpaired) electrons. The maximum atomic E-state index is 7.29. The molecule has 0 aromatic carbocycles. The van der Waals surface area contributed by atoms with Crippen LogP contribution in [0.2, 0.25) is 0 Å². The molecule has 0 aromatic rings. The van der Waals surface area contributed by atoms with Crippen LogP contribution in [-0.2, 0) is 0 Å². The molecule has 1 saturated heterocycles. The van der Waals surface area contributed by atoms with E-state index in [1.807, 2.05) is 13.1 Å². The van der Waals surface area contributed by atoms with Gasteiger partial charge < -0.3 is 10.7 Å². The number of hydrogen-bond donors (Lipinski definition) is 2. The molecule has 3 nitrogen and oxygen atoms in total. The topological polar surface area (TPSA) is 48.2 Å². The van der Waals surface area contributed by atoms with E-state index in [4.69, 9.17) is 5.41 Å². The van der Waals surface area contributed by atoms with Gasteiger partial charge in [0, 0.05) is 18.6 Å². The monoisotopic (exact) mass is 179 g/mol. The standard InChI is InChI=1S/C10H17N3/c1-2-12-8-10(7-11)9-3-5-13-6-4-9/h2,7-9,11,13H,3-6H2,1H3/b10-8+,11-7?,12-2+. The van der Waals surface area contributed by atoms with E-state index in [1.165, 1.54) is 6.21 Å². The lowest BCUT2D eigenvalue weighted by Crippen LogP contribution is -2.28. The number of aliphatic imine (C=N–C) groups is 1. The van der Waals surface area contributed by atoms with Crippen LogP contribution in [0.25, 0.3) is 0 Å². The van der Waals surface area contributed by atoms with Crippen LogP contribution in [0.15, 0.2) is 16.8 Å². The minimum absolute atomic E-state index is 0.530. The first-order valence-corrected chi connectivity index (χ1v) is 4.77. The van der Waals surface area contributed by atoms with Crippen LogP contribution in [0.1, 0.15) is 19.8 Å². The van der Waals surface area contributed by atoms with E-state index in [-0.39, 0.29) is 0 Å². The van der Waals surface area contributed by atoms with E-state index < -0.39 is 0 Å². The normalized spacial score (nSPS) is 20.8. The third-order valence-electron chi connectivity index (χ3n) is 2.35. The van der Waals surface area contributed by atoms with Crippen molar-refractivity contribution in [2.75, 3.05) is 13.1 Å². The van der Waals surface area contributed by atoms with Crippen LogP contribution in [0.4, 0.5) is 0 Å². The average molecular weight is 179 g/mol. The highest BCUT2D eigenvalue weighted by Crippen LogP contribution is 2.19. The van der Waals surface area contributed by atoms with Gasteiger partial charge in [-0.1, -0.05) is 0 Å². The maximum Gasteiger partial charge on any atom is 0.0313 e. The predicted octanol–water partition coefficient (Wildman–Crippen LogP) is 1.61. The summed E-state index contributed by atoms with van der Waals surface area (Å²) in [6.07, 6.45) is 7.25. The van der Waals surface area contributed by atoms with E-state index >= 15 is 0 Å². The van der Waals surface area contributed by atoms with Gasteiger partial charge >= 0.3 is 0 Å². The molecule has 1 heterocycles. The van der Waals surface area contributed by atoms with Crippen molar-refractivity contribution >= 4 is 12.4 Å². The summed E-state index contributed by atoms with van der Waals surface area (Å²) in [7, 11) is 0. The van der Waals surface area contributed by atoms with Gasteiger partial charge in [0.1, 0.15) is 0 Å². The third-order valence-corrected chi connectivity index (χ3v) is 2.35. The van der Waals surface area contributed by atoms with Crippen LogP contribution in [0, 0.1) is 11.3 Å². The van der Waals surface area contributed by atoms with E-state index in [2.05, 4.69) is 10.3 Å². The highest BCUT2D eigenvalue weighted by atomic mass is 14.9. The van der Waals surface area contributed by atoms with Crippen molar-refractivity contribution in [3.8, 4) is 0 Å². The predicted molar refractivity (Wildman–Crippen MR) is 56.6 cm³/mol. The van der Waals surface area contributed by atoms with Crippen molar-refractivity contribution < 1.29 is 0 Å². The molecule has 1 rings (SSSR count). The van der Waals surface area contributed by atoms with Crippen LogP contribution in [0.3, 0.4) is 0 Å². The minimum Gasteiger partial charge on any atom is -0.317 e. The van der Waals surface area contributed by atoms with Gasteiger partial charge in [0.15, 0.2) is 0 Å². The van der Waals surface area contributed by atoms with Crippen molar-refractivity contribution in [1.82, 2.24) is 5.32 Å². The summed E-state index contributed by atoms with van der Waals surface area (Å²) in [5, 5.41) is 10.6. The number of allylic oxidation sites excluding steroid dienone is 1. The molecule has 0 aromatic heterocycles. The van der Waals surface area contributed by atoms with Crippen LogP contribution < -0.4 is 5.32 Å². The lowest BCUT2D eigenvalue weighted by Gasteiger charge is -2.22. The zero-order valence-corrected chi connectivity index (χ0v) is 8.09. The molecular formula is C10H17N3. The molecule has 1 fully saturated rings. The fourth-order valence-electron chi connectivity index (χ4n) is 1.58. The Balaban J connectivity index is 2.58. The summed E-state index contributed by atoms with van der Waals surface area (Å²) in [4.78, 5) is 4.06. The average Bonchev–Trinajstić information content (AvgIpc) is 2.21. The lowest BCUT2D eigenvalue weighted by atomic mass is 9.91. The van der Waals surface area contributed by atoms with Gasteiger partial charge in [0.25, 0.3) is 0 Å². The molecule has 13 heavy (non-hydrogen) atoms. The molecule has 0 saturated carbocycles. The van der Waals surface area contributed by atoms with Crippen LogP contribution in [0.5, 0.6) is 0 Å². The number of piperidine rings is 1. The zero-order valence-electron chi connectivity index (χ0n) is 8.09. The molecule has 0 aliphatic carbocycles. The van der Waals surface area contributed by atoms with Crippen molar-refractivity contribution in [2.45, 2.75) is 19.8 Å². The van der Waals surface area contributed by atoms with E-state index in [0.29, 0.717) is 5.92 Å². The maximum absolute atomic E-state index is 7.29. The Bertz CT molecular complexity index is 212. The quantitative estimate of drug-likeness (QED) is 0.635. The van der Waals surface area contributed by atoms with Crippen molar-refractivity contribution in [2.24, 2.45) is 10.9 Å².